The van der Waals surface area contributed by atoms with Crippen molar-refractivity contribution in [3.05, 3.63) is 65.0 Å². The third-order valence-corrected chi connectivity index (χ3v) is 3.98. The zero-order valence-corrected chi connectivity index (χ0v) is 12.2. The molecule has 2 aromatic rings. The standard InChI is InChI=1S/C18H20FN/c1-18(2,3)14-7-8-16-13(9-14)11-17(20-16)12-5-4-6-15(19)10-12/h4-10,17,20H,11H2,1-3H3. The van der Waals surface area contributed by atoms with E-state index in [4.69, 9.17) is 0 Å². The van der Waals surface area contributed by atoms with Crippen molar-refractivity contribution in [3.63, 3.8) is 0 Å². The first kappa shape index (κ1) is 13.2. The average Bonchev–Trinajstić information content (AvgIpc) is 2.80. The summed E-state index contributed by atoms with van der Waals surface area (Å²) in [6.45, 7) is 6.67. The minimum atomic E-state index is -0.171. The molecule has 1 unspecified atom stereocenters. The molecule has 1 N–H and O–H groups in total. The Hall–Kier alpha value is -1.83. The molecule has 1 heterocycles. The van der Waals surface area contributed by atoms with Crippen molar-refractivity contribution in [3.8, 4) is 0 Å². The maximum atomic E-state index is 13.3. The number of rotatable bonds is 1. The van der Waals surface area contributed by atoms with Gasteiger partial charge in [0.15, 0.2) is 0 Å². The third-order valence-electron chi connectivity index (χ3n) is 3.98. The van der Waals surface area contributed by atoms with E-state index in [1.165, 1.54) is 22.9 Å². The number of halogens is 1. The fourth-order valence-corrected chi connectivity index (χ4v) is 2.75. The van der Waals surface area contributed by atoms with E-state index >= 15 is 0 Å². The van der Waals surface area contributed by atoms with E-state index in [-0.39, 0.29) is 17.3 Å². The van der Waals surface area contributed by atoms with E-state index in [2.05, 4.69) is 44.3 Å². The van der Waals surface area contributed by atoms with Crippen molar-refractivity contribution in [2.24, 2.45) is 0 Å². The zero-order valence-electron chi connectivity index (χ0n) is 12.2. The highest BCUT2D eigenvalue weighted by Gasteiger charge is 2.24. The number of anilines is 1. The first-order valence-electron chi connectivity index (χ1n) is 7.09. The summed E-state index contributed by atoms with van der Waals surface area (Å²) in [7, 11) is 0. The summed E-state index contributed by atoms with van der Waals surface area (Å²) in [5.41, 5.74) is 5.02. The summed E-state index contributed by atoms with van der Waals surface area (Å²) in [6, 6.07) is 13.7. The van der Waals surface area contributed by atoms with Crippen LogP contribution in [0.2, 0.25) is 0 Å². The normalized spacial score (nSPS) is 17.7. The predicted molar refractivity (Wildman–Crippen MR) is 81.6 cm³/mol. The highest BCUT2D eigenvalue weighted by atomic mass is 19.1. The average molecular weight is 269 g/mol. The van der Waals surface area contributed by atoms with Crippen molar-refractivity contribution in [2.45, 2.75) is 38.6 Å². The van der Waals surface area contributed by atoms with Crippen LogP contribution in [0.25, 0.3) is 0 Å². The van der Waals surface area contributed by atoms with Crippen molar-refractivity contribution >= 4 is 5.69 Å². The fourth-order valence-electron chi connectivity index (χ4n) is 2.75. The highest BCUT2D eigenvalue weighted by Crippen LogP contribution is 2.36. The Morgan fingerprint density at radius 3 is 2.60 bits per heavy atom. The van der Waals surface area contributed by atoms with E-state index in [9.17, 15) is 4.39 Å². The predicted octanol–water partition coefficient (Wildman–Crippen LogP) is 4.83. The Balaban J connectivity index is 1.89. The first-order chi connectivity index (χ1) is 9.43. The minimum Gasteiger partial charge on any atom is -0.378 e. The molecule has 0 bridgehead atoms. The Morgan fingerprint density at radius 1 is 1.10 bits per heavy atom. The lowest BCUT2D eigenvalue weighted by Crippen LogP contribution is -2.10. The molecule has 0 spiro atoms. The van der Waals surface area contributed by atoms with Crippen LogP contribution in [0.15, 0.2) is 42.5 Å². The molecule has 0 saturated carbocycles. The van der Waals surface area contributed by atoms with Gasteiger partial charge in [-0.2, -0.15) is 0 Å². The van der Waals surface area contributed by atoms with Crippen LogP contribution in [0.3, 0.4) is 0 Å². The molecule has 1 nitrogen and oxygen atoms in total. The van der Waals surface area contributed by atoms with Crippen molar-refractivity contribution in [2.75, 3.05) is 5.32 Å². The van der Waals surface area contributed by atoms with Gasteiger partial charge in [0.05, 0.1) is 6.04 Å². The summed E-state index contributed by atoms with van der Waals surface area (Å²) in [5, 5.41) is 3.49. The quantitative estimate of drug-likeness (QED) is 0.781. The zero-order chi connectivity index (χ0) is 14.3. The van der Waals surface area contributed by atoms with Crippen molar-refractivity contribution in [1.82, 2.24) is 0 Å². The van der Waals surface area contributed by atoms with Gasteiger partial charge in [0, 0.05) is 5.69 Å². The van der Waals surface area contributed by atoms with E-state index in [1.807, 2.05) is 6.07 Å². The van der Waals surface area contributed by atoms with Gasteiger partial charge in [-0.25, -0.2) is 4.39 Å². The molecular formula is C18H20FN. The molecule has 1 aliphatic rings. The molecular weight excluding hydrogens is 249 g/mol. The highest BCUT2D eigenvalue weighted by molar-refractivity contribution is 5.59. The molecule has 104 valence electrons. The van der Waals surface area contributed by atoms with Crippen LogP contribution in [-0.4, -0.2) is 0 Å². The summed E-state index contributed by atoms with van der Waals surface area (Å²) in [6.07, 6.45) is 0.919. The molecule has 1 aliphatic heterocycles. The summed E-state index contributed by atoms with van der Waals surface area (Å²) in [5.74, 6) is -0.171. The molecule has 0 radical (unpaired) electrons. The fraction of sp³-hybridized carbons (Fsp3) is 0.333. The van der Waals surface area contributed by atoms with Gasteiger partial charge in [0.25, 0.3) is 0 Å². The molecule has 0 fully saturated rings. The summed E-state index contributed by atoms with van der Waals surface area (Å²) >= 11 is 0. The van der Waals surface area contributed by atoms with Crippen LogP contribution in [0.4, 0.5) is 10.1 Å². The Kier molecular flexibility index (Phi) is 3.04. The lowest BCUT2D eigenvalue weighted by molar-refractivity contribution is 0.589. The number of benzene rings is 2. The number of fused-ring (bicyclic) bond motifs is 1. The van der Waals surface area contributed by atoms with Gasteiger partial charge in [0.2, 0.25) is 0 Å². The van der Waals surface area contributed by atoms with Crippen LogP contribution >= 0.6 is 0 Å². The molecule has 1 atom stereocenters. The topological polar surface area (TPSA) is 12.0 Å². The molecule has 0 aromatic heterocycles. The SMILES string of the molecule is CC(C)(C)c1ccc2c(c1)CC(c1cccc(F)c1)N2. The maximum Gasteiger partial charge on any atom is 0.123 e. The van der Waals surface area contributed by atoms with Crippen LogP contribution < -0.4 is 5.32 Å². The van der Waals surface area contributed by atoms with Gasteiger partial charge in [-0.3, -0.25) is 0 Å². The molecule has 2 heteroatoms. The van der Waals surface area contributed by atoms with E-state index in [1.54, 1.807) is 12.1 Å². The molecule has 0 saturated heterocycles. The minimum absolute atomic E-state index is 0.159. The van der Waals surface area contributed by atoms with E-state index < -0.39 is 0 Å². The maximum absolute atomic E-state index is 13.3. The van der Waals surface area contributed by atoms with Crippen LogP contribution in [0, 0.1) is 5.82 Å². The second kappa shape index (κ2) is 4.62. The number of hydrogen-bond acceptors (Lipinski definition) is 1. The molecule has 20 heavy (non-hydrogen) atoms. The monoisotopic (exact) mass is 269 g/mol. The van der Waals surface area contributed by atoms with Crippen LogP contribution in [0.5, 0.6) is 0 Å². The molecule has 3 rings (SSSR count). The van der Waals surface area contributed by atoms with E-state index in [0.29, 0.717) is 0 Å². The van der Waals surface area contributed by atoms with Crippen molar-refractivity contribution < 1.29 is 4.39 Å². The summed E-state index contributed by atoms with van der Waals surface area (Å²) < 4.78 is 13.3. The summed E-state index contributed by atoms with van der Waals surface area (Å²) in [4.78, 5) is 0. The second-order valence-electron chi connectivity index (χ2n) is 6.58. The van der Waals surface area contributed by atoms with Gasteiger partial charge in [-0.15, -0.1) is 0 Å². The Labute approximate surface area is 119 Å². The van der Waals surface area contributed by atoms with Crippen LogP contribution in [-0.2, 0) is 11.8 Å². The smallest absolute Gasteiger partial charge is 0.123 e. The first-order valence-corrected chi connectivity index (χ1v) is 7.09. The van der Waals surface area contributed by atoms with Gasteiger partial charge in [-0.05, 0) is 46.7 Å². The lowest BCUT2D eigenvalue weighted by atomic mass is 9.85. The Bertz CT molecular complexity index is 640. The second-order valence-corrected chi connectivity index (χ2v) is 6.58. The third kappa shape index (κ3) is 2.43. The van der Waals surface area contributed by atoms with Crippen molar-refractivity contribution in [1.29, 1.82) is 0 Å². The molecule has 2 aromatic carbocycles. The van der Waals surface area contributed by atoms with Gasteiger partial charge in [0.1, 0.15) is 5.82 Å². The largest absolute Gasteiger partial charge is 0.378 e. The number of hydrogen-bond donors (Lipinski definition) is 1. The van der Waals surface area contributed by atoms with Gasteiger partial charge < -0.3 is 5.32 Å². The van der Waals surface area contributed by atoms with Gasteiger partial charge >= 0.3 is 0 Å². The molecule has 0 aliphatic carbocycles. The van der Waals surface area contributed by atoms with Crippen LogP contribution in [0.1, 0.15) is 43.5 Å². The Morgan fingerprint density at radius 2 is 1.90 bits per heavy atom. The van der Waals surface area contributed by atoms with Gasteiger partial charge in [-0.1, -0.05) is 45.0 Å². The number of nitrogens with one attached hydrogen (secondary N) is 1. The molecule has 0 amide bonds. The lowest BCUT2D eigenvalue weighted by Gasteiger charge is -2.19. The van der Waals surface area contributed by atoms with E-state index in [0.717, 1.165) is 12.0 Å².